The van der Waals surface area contributed by atoms with Crippen LogP contribution >= 0.6 is 0 Å². The fourth-order valence-electron chi connectivity index (χ4n) is 13.7. The molecule has 5 heterocycles. The number of amides is 4. The van der Waals surface area contributed by atoms with E-state index in [-0.39, 0.29) is 85.1 Å². The summed E-state index contributed by atoms with van der Waals surface area (Å²) in [5.74, 6) is -8.16. The van der Waals surface area contributed by atoms with Crippen LogP contribution in [0.5, 0.6) is 0 Å². The molecule has 3 aliphatic heterocycles. The fourth-order valence-corrected chi connectivity index (χ4v) is 17.5. The van der Waals surface area contributed by atoms with Crippen molar-refractivity contribution in [3.63, 3.8) is 0 Å². The van der Waals surface area contributed by atoms with E-state index in [9.17, 15) is 45.6 Å². The van der Waals surface area contributed by atoms with E-state index in [1.165, 1.54) is 50.6 Å². The molecule has 4 aromatic rings. The number of aryl methyl sites for hydroxylation is 2. The van der Waals surface area contributed by atoms with Crippen molar-refractivity contribution < 1.29 is 74.1 Å². The van der Waals surface area contributed by atoms with E-state index >= 15 is 9.59 Å². The molecule has 564 valence electrons. The molecule has 2 aromatic heterocycles. The monoisotopic (exact) mass is 1460 g/mol. The van der Waals surface area contributed by atoms with E-state index in [1.54, 1.807) is 85.6 Å². The highest BCUT2D eigenvalue weighted by Gasteiger charge is 2.44. The molecule has 0 N–H and O–H groups in total. The van der Waals surface area contributed by atoms with Crippen LogP contribution in [0.1, 0.15) is 178 Å². The van der Waals surface area contributed by atoms with E-state index in [4.69, 9.17) is 18.9 Å². The van der Waals surface area contributed by atoms with E-state index in [2.05, 4.69) is 10.2 Å². The smallest absolute Gasteiger partial charge is 0.329 e. The lowest BCUT2D eigenvalue weighted by Crippen LogP contribution is -2.55. The Bertz CT molecular complexity index is 3590. The number of sulfonamides is 2. The van der Waals surface area contributed by atoms with Crippen LogP contribution < -0.4 is 0 Å². The summed E-state index contributed by atoms with van der Waals surface area (Å²) in [6.07, 6.45) is -1.72. The Morgan fingerprint density at radius 1 is 0.392 bits per heavy atom. The van der Waals surface area contributed by atoms with Gasteiger partial charge in [-0.2, -0.15) is 18.8 Å². The summed E-state index contributed by atoms with van der Waals surface area (Å²) in [5.41, 5.74) is 4.23. The summed E-state index contributed by atoms with van der Waals surface area (Å²) >= 11 is 0. The van der Waals surface area contributed by atoms with Crippen molar-refractivity contribution in [3.8, 4) is 0 Å². The van der Waals surface area contributed by atoms with Gasteiger partial charge in [-0.3, -0.25) is 28.5 Å². The second-order valence-corrected chi connectivity index (χ2v) is 33.4. The molecule has 7 rings (SSSR count). The van der Waals surface area contributed by atoms with Gasteiger partial charge in [0, 0.05) is 67.2 Å². The maximum Gasteiger partial charge on any atom is 0.329 e. The molecule has 3 aliphatic rings. The number of likely N-dealkylation sites (N-methyl/N-ethyl adjacent to an activating group) is 4. The minimum absolute atomic E-state index is 0.0211. The lowest BCUT2D eigenvalue weighted by molar-refractivity contribution is -0.176. The number of aromatic nitrogens is 4. The Kier molecular flexibility index (Phi) is 28.3. The number of carbonyl (C=O) groups is 8. The second-order valence-electron chi connectivity index (χ2n) is 29.7. The average Bonchev–Trinajstić information content (AvgIpc) is 1.60. The van der Waals surface area contributed by atoms with Crippen molar-refractivity contribution in [2.45, 2.75) is 245 Å². The molecule has 0 bridgehead atoms. The SMILES string of the molecule is Cc1nn(Cc2ccc(C[C@H]3OC(=O)[C@H](CC(C)C)N(C)C(=O)[C@@H](C)OC(=O)[C@H](CC(C)C)N(C)C(=O)[C@@H](Cc4ccc(Cn5nc(C)c(S(=O)(=O)N6CCCCC6)c5C)cc4)OC(=O)[C@H](CC(C)C)N(C)C(=O)[C@@H](C)OC(=O)[C@H](CC(C)C)N(C)C3=O)cc2)c(C)c1S(=O)(=O)N1CCCCC1. The van der Waals surface area contributed by atoms with Crippen molar-refractivity contribution in [1.82, 2.24) is 47.8 Å². The van der Waals surface area contributed by atoms with Crippen LogP contribution in [0, 0.1) is 51.4 Å². The standard InChI is InChI=1S/C74H110N10O16S2/c1-45(2)37-59-71(89)97-53(13)67(85)77(15)62(40-48(7)8)74(92)100-64(42-56-27-31-58(32-28-56)44-84-52(12)66(50(10)76-84)102(95,96)82-35-23-20-24-36-82)70(88)80(18)60(38-46(3)4)72(90)98-54(14)68(86)78(16)61(39-47(5)6)73(91)99-63(69(87)79(59)17)41-55-25-29-57(30-26-55)43-83-51(11)65(49(9)75-83)101(93,94)81-33-21-19-22-34-81/h25-32,45-48,53-54,59-64H,19-24,33-44H2,1-18H3/t53-,54-,59+,60+,61+,62+,63-,64-/m1/s1. The number of piperidine rings is 2. The average molecular weight is 1460 g/mol. The van der Waals surface area contributed by atoms with Crippen LogP contribution in [0.25, 0.3) is 0 Å². The Morgan fingerprint density at radius 3 is 0.922 bits per heavy atom. The molecule has 8 atom stereocenters. The molecular formula is C74H110N10O16S2. The van der Waals surface area contributed by atoms with Crippen molar-refractivity contribution in [3.05, 3.63) is 93.6 Å². The van der Waals surface area contributed by atoms with Crippen LogP contribution in [0.3, 0.4) is 0 Å². The quantitative estimate of drug-likeness (QED) is 0.0603. The van der Waals surface area contributed by atoms with Crippen molar-refractivity contribution >= 4 is 67.6 Å². The molecule has 3 fully saturated rings. The zero-order valence-corrected chi connectivity index (χ0v) is 64.7. The lowest BCUT2D eigenvalue weighted by Gasteiger charge is -2.35. The van der Waals surface area contributed by atoms with Crippen molar-refractivity contribution in [1.29, 1.82) is 0 Å². The normalized spacial score (nSPS) is 23.4. The van der Waals surface area contributed by atoms with E-state index in [0.717, 1.165) is 69.3 Å². The molecule has 0 radical (unpaired) electrons. The molecule has 0 aliphatic carbocycles. The van der Waals surface area contributed by atoms with Gasteiger partial charge >= 0.3 is 23.9 Å². The largest absolute Gasteiger partial charge is 0.451 e. The highest BCUT2D eigenvalue weighted by molar-refractivity contribution is 7.89. The van der Waals surface area contributed by atoms with Gasteiger partial charge in [0.25, 0.3) is 23.6 Å². The topological polar surface area (TPSA) is 297 Å². The number of nitrogens with zero attached hydrogens (tertiary/aromatic N) is 10. The number of carbonyl (C=O) groups excluding carboxylic acids is 8. The van der Waals surface area contributed by atoms with Gasteiger partial charge in [0.05, 0.1) is 35.9 Å². The van der Waals surface area contributed by atoms with Crippen LogP contribution in [-0.2, 0) is 103 Å². The molecule has 0 unspecified atom stereocenters. The highest BCUT2D eigenvalue weighted by atomic mass is 32.2. The number of benzene rings is 2. The maximum absolute atomic E-state index is 15.3. The Balaban J connectivity index is 1.23. The van der Waals surface area contributed by atoms with Gasteiger partial charge in [-0.1, -0.05) is 117 Å². The summed E-state index contributed by atoms with van der Waals surface area (Å²) in [6.45, 7) is 26.2. The van der Waals surface area contributed by atoms with Gasteiger partial charge in [-0.25, -0.2) is 36.0 Å². The minimum atomic E-state index is -3.80. The zero-order chi connectivity index (χ0) is 75.6. The number of rotatable bonds is 20. The first-order valence-corrected chi connectivity index (χ1v) is 38.8. The molecule has 28 heteroatoms. The van der Waals surface area contributed by atoms with Crippen LogP contribution in [0.4, 0.5) is 0 Å². The second kappa shape index (κ2) is 35.3. The molecule has 3 saturated heterocycles. The summed E-state index contributed by atoms with van der Waals surface area (Å²) in [6, 6.07) is 8.61. The Morgan fingerprint density at radius 2 is 0.647 bits per heavy atom. The number of hydrogen-bond donors (Lipinski definition) is 0. The molecular weight excluding hydrogens is 1350 g/mol. The third kappa shape index (κ3) is 20.0. The summed E-state index contributed by atoms with van der Waals surface area (Å²) in [5, 5.41) is 9.26. The summed E-state index contributed by atoms with van der Waals surface area (Å²) < 4.78 is 86.3. The lowest BCUT2D eigenvalue weighted by atomic mass is 9.99. The van der Waals surface area contributed by atoms with Crippen LogP contribution in [-0.4, -0.2) is 215 Å². The van der Waals surface area contributed by atoms with E-state index < -0.39 is 116 Å². The Hall–Kier alpha value is -7.56. The molecule has 102 heavy (non-hydrogen) atoms. The fraction of sp³-hybridized carbons (Fsp3) is 0.649. The number of cyclic esters (lactones) is 4. The van der Waals surface area contributed by atoms with Gasteiger partial charge < -0.3 is 38.5 Å². The van der Waals surface area contributed by atoms with Gasteiger partial charge in [0.2, 0.25) is 20.0 Å². The minimum Gasteiger partial charge on any atom is -0.451 e. The molecule has 0 saturated carbocycles. The molecule has 2 aromatic carbocycles. The molecule has 0 spiro atoms. The van der Waals surface area contributed by atoms with E-state index in [1.807, 2.05) is 55.4 Å². The van der Waals surface area contributed by atoms with Gasteiger partial charge in [-0.15, -0.1) is 0 Å². The first-order chi connectivity index (χ1) is 47.8. The van der Waals surface area contributed by atoms with Gasteiger partial charge in [0.15, 0.2) is 24.4 Å². The zero-order valence-electron chi connectivity index (χ0n) is 63.1. The third-order valence-electron chi connectivity index (χ3n) is 19.5. The van der Waals surface area contributed by atoms with E-state index in [0.29, 0.717) is 60.1 Å². The third-order valence-corrected chi connectivity index (χ3v) is 23.8. The maximum atomic E-state index is 15.3. The summed E-state index contributed by atoms with van der Waals surface area (Å²) in [4.78, 5) is 124. The van der Waals surface area contributed by atoms with Crippen molar-refractivity contribution in [2.24, 2.45) is 23.7 Å². The first kappa shape index (κ1) is 81.7. The van der Waals surface area contributed by atoms with Crippen molar-refractivity contribution in [2.75, 3.05) is 54.4 Å². The predicted molar refractivity (Wildman–Crippen MR) is 382 cm³/mol. The first-order valence-electron chi connectivity index (χ1n) is 36.0. The van der Waals surface area contributed by atoms with Crippen LogP contribution in [0.2, 0.25) is 0 Å². The van der Waals surface area contributed by atoms with Gasteiger partial charge in [-0.05, 0) is 139 Å². The van der Waals surface area contributed by atoms with Crippen LogP contribution in [0.15, 0.2) is 58.3 Å². The van der Waals surface area contributed by atoms with Gasteiger partial charge in [0.1, 0.15) is 34.0 Å². The number of hydrogen-bond acceptors (Lipinski definition) is 18. The molecule has 4 amide bonds. The summed E-state index contributed by atoms with van der Waals surface area (Å²) in [7, 11) is -2.15. The number of ether oxygens (including phenoxy) is 4. The molecule has 26 nitrogen and oxygen atoms in total. The predicted octanol–water partition coefficient (Wildman–Crippen LogP) is 7.74. The number of esters is 4. The highest BCUT2D eigenvalue weighted by Crippen LogP contribution is 2.31. The Labute approximate surface area is 603 Å².